The van der Waals surface area contributed by atoms with E-state index in [0.29, 0.717) is 6.07 Å². The lowest BCUT2D eigenvalue weighted by molar-refractivity contribution is -0.141. The Balaban J connectivity index is 2.85. The highest BCUT2D eigenvalue weighted by molar-refractivity contribution is 5.82. The van der Waals surface area contributed by atoms with E-state index in [-0.39, 0.29) is 12.0 Å². The Morgan fingerprint density at radius 2 is 1.82 bits per heavy atom. The summed E-state index contributed by atoms with van der Waals surface area (Å²) in [7, 11) is 0. The second-order valence-corrected chi connectivity index (χ2v) is 3.57. The molecule has 1 atom stereocenters. The van der Waals surface area contributed by atoms with Crippen LogP contribution in [0.5, 0.6) is 0 Å². The molecule has 4 nitrogen and oxygen atoms in total. The summed E-state index contributed by atoms with van der Waals surface area (Å²) < 4.78 is 25.7. The Kier molecular flexibility index (Phi) is 4.14. The van der Waals surface area contributed by atoms with E-state index in [9.17, 15) is 18.4 Å². The van der Waals surface area contributed by atoms with Crippen LogP contribution in [0.2, 0.25) is 0 Å². The van der Waals surface area contributed by atoms with Crippen molar-refractivity contribution in [2.75, 3.05) is 0 Å². The number of carboxylic acid groups (broad SMARTS) is 1. The molecule has 1 amide bonds. The molecule has 6 heteroatoms. The van der Waals surface area contributed by atoms with Crippen LogP contribution in [-0.4, -0.2) is 23.0 Å². The molecule has 0 fully saturated rings. The Morgan fingerprint density at radius 1 is 1.29 bits per heavy atom. The lowest BCUT2D eigenvalue weighted by atomic mass is 10.1. The van der Waals surface area contributed by atoms with Gasteiger partial charge in [0.15, 0.2) is 0 Å². The van der Waals surface area contributed by atoms with Gasteiger partial charge in [-0.1, -0.05) is 0 Å². The minimum Gasteiger partial charge on any atom is -0.480 e. The van der Waals surface area contributed by atoms with E-state index in [2.05, 4.69) is 5.32 Å². The van der Waals surface area contributed by atoms with Crippen LogP contribution in [0.1, 0.15) is 12.5 Å². The summed E-state index contributed by atoms with van der Waals surface area (Å²) in [6.07, 6.45) is -0.177. The normalized spacial score (nSPS) is 11.9. The maximum Gasteiger partial charge on any atom is 0.326 e. The zero-order valence-corrected chi connectivity index (χ0v) is 9.04. The summed E-state index contributed by atoms with van der Waals surface area (Å²) in [4.78, 5) is 21.6. The van der Waals surface area contributed by atoms with Gasteiger partial charge in [0.1, 0.15) is 17.7 Å². The molecular weight excluding hydrogens is 232 g/mol. The third-order valence-corrected chi connectivity index (χ3v) is 2.04. The maximum absolute atomic E-state index is 12.9. The predicted molar refractivity (Wildman–Crippen MR) is 55.3 cm³/mol. The van der Waals surface area contributed by atoms with Gasteiger partial charge in [0.25, 0.3) is 0 Å². The number of amides is 1. The molecule has 0 heterocycles. The molecule has 0 bridgehead atoms. The molecule has 1 rings (SSSR count). The number of carbonyl (C=O) groups excluding carboxylic acids is 1. The Morgan fingerprint density at radius 3 is 2.24 bits per heavy atom. The molecular formula is C11H11F2NO3. The van der Waals surface area contributed by atoms with Gasteiger partial charge >= 0.3 is 5.97 Å². The van der Waals surface area contributed by atoms with E-state index < -0.39 is 29.6 Å². The molecule has 0 saturated heterocycles. The standard InChI is InChI=1S/C11H11F2NO3/c1-6(15)14-10(11(16)17)4-7-2-8(12)5-9(13)3-7/h2-3,5,10H,4H2,1H3,(H,14,15)(H,16,17)/t10-/m1/s1. The zero-order chi connectivity index (χ0) is 13.0. The van der Waals surface area contributed by atoms with Gasteiger partial charge in [-0.2, -0.15) is 0 Å². The van der Waals surface area contributed by atoms with Gasteiger partial charge in [-0.3, -0.25) is 4.79 Å². The van der Waals surface area contributed by atoms with Crippen molar-refractivity contribution in [3.8, 4) is 0 Å². The van der Waals surface area contributed by atoms with Crippen molar-refractivity contribution in [2.45, 2.75) is 19.4 Å². The number of nitrogens with one attached hydrogen (secondary N) is 1. The van der Waals surface area contributed by atoms with Gasteiger partial charge < -0.3 is 10.4 Å². The fourth-order valence-electron chi connectivity index (χ4n) is 1.41. The van der Waals surface area contributed by atoms with Gasteiger partial charge in [0.05, 0.1) is 0 Å². The van der Waals surface area contributed by atoms with Crippen molar-refractivity contribution in [3.63, 3.8) is 0 Å². The summed E-state index contributed by atoms with van der Waals surface area (Å²) in [6, 6.07) is 1.55. The summed E-state index contributed by atoms with van der Waals surface area (Å²) in [5.41, 5.74) is 0.170. The molecule has 1 aromatic carbocycles. The number of carboxylic acids is 1. The molecule has 0 aliphatic rings. The van der Waals surface area contributed by atoms with E-state index in [0.717, 1.165) is 12.1 Å². The number of carbonyl (C=O) groups is 2. The monoisotopic (exact) mass is 243 g/mol. The molecule has 0 aliphatic heterocycles. The number of hydrogen-bond donors (Lipinski definition) is 2. The van der Waals surface area contributed by atoms with Crippen molar-refractivity contribution < 1.29 is 23.5 Å². The maximum atomic E-state index is 12.9. The molecule has 2 N–H and O–H groups in total. The van der Waals surface area contributed by atoms with Gasteiger partial charge in [0, 0.05) is 19.4 Å². The first-order chi connectivity index (χ1) is 7.88. The lowest BCUT2D eigenvalue weighted by Crippen LogP contribution is -2.41. The van der Waals surface area contributed by atoms with E-state index in [1.54, 1.807) is 0 Å². The number of halogens is 2. The Hall–Kier alpha value is -1.98. The average molecular weight is 243 g/mol. The molecule has 92 valence electrons. The van der Waals surface area contributed by atoms with Crippen LogP contribution >= 0.6 is 0 Å². The SMILES string of the molecule is CC(=O)N[C@H](Cc1cc(F)cc(F)c1)C(=O)O. The molecule has 0 spiro atoms. The van der Waals surface area contributed by atoms with Crippen molar-refractivity contribution in [3.05, 3.63) is 35.4 Å². The number of rotatable bonds is 4. The average Bonchev–Trinajstić information content (AvgIpc) is 2.13. The van der Waals surface area contributed by atoms with E-state index in [1.165, 1.54) is 6.92 Å². The fourth-order valence-corrected chi connectivity index (χ4v) is 1.41. The summed E-state index contributed by atoms with van der Waals surface area (Å²) in [5, 5.41) is 11.0. The molecule has 0 unspecified atom stereocenters. The third kappa shape index (κ3) is 4.18. The second kappa shape index (κ2) is 5.38. The number of benzene rings is 1. The highest BCUT2D eigenvalue weighted by Crippen LogP contribution is 2.10. The van der Waals surface area contributed by atoms with Crippen molar-refractivity contribution >= 4 is 11.9 Å². The molecule has 1 aromatic rings. The predicted octanol–water partition coefficient (Wildman–Crippen LogP) is 1.10. The highest BCUT2D eigenvalue weighted by atomic mass is 19.1. The minimum atomic E-state index is -1.26. The molecule has 17 heavy (non-hydrogen) atoms. The van der Waals surface area contributed by atoms with Crippen LogP contribution in [0.25, 0.3) is 0 Å². The molecule has 0 aliphatic carbocycles. The van der Waals surface area contributed by atoms with Crippen LogP contribution in [-0.2, 0) is 16.0 Å². The van der Waals surface area contributed by atoms with E-state index >= 15 is 0 Å². The van der Waals surface area contributed by atoms with Crippen LogP contribution in [0.3, 0.4) is 0 Å². The highest BCUT2D eigenvalue weighted by Gasteiger charge is 2.19. The second-order valence-electron chi connectivity index (χ2n) is 3.57. The largest absolute Gasteiger partial charge is 0.480 e. The Bertz CT molecular complexity index is 428. The van der Waals surface area contributed by atoms with Crippen LogP contribution in [0, 0.1) is 11.6 Å². The lowest BCUT2D eigenvalue weighted by Gasteiger charge is -2.13. The summed E-state index contributed by atoms with van der Waals surface area (Å²) in [5.74, 6) is -3.35. The summed E-state index contributed by atoms with van der Waals surface area (Å²) >= 11 is 0. The number of hydrogen-bond acceptors (Lipinski definition) is 2. The van der Waals surface area contributed by atoms with E-state index in [4.69, 9.17) is 5.11 Å². The minimum absolute atomic E-state index is 0.170. The fraction of sp³-hybridized carbons (Fsp3) is 0.273. The first-order valence-electron chi connectivity index (χ1n) is 4.83. The molecule has 0 aromatic heterocycles. The summed E-state index contributed by atoms with van der Waals surface area (Å²) in [6.45, 7) is 1.17. The zero-order valence-electron chi connectivity index (χ0n) is 9.04. The molecule has 0 radical (unpaired) electrons. The van der Waals surface area contributed by atoms with Crippen molar-refractivity contribution in [1.29, 1.82) is 0 Å². The van der Waals surface area contributed by atoms with Gasteiger partial charge in [0.2, 0.25) is 5.91 Å². The van der Waals surface area contributed by atoms with Crippen LogP contribution in [0.4, 0.5) is 8.78 Å². The topological polar surface area (TPSA) is 66.4 Å². The Labute approximate surface area is 96.3 Å². The quantitative estimate of drug-likeness (QED) is 0.832. The van der Waals surface area contributed by atoms with Crippen molar-refractivity contribution in [1.82, 2.24) is 5.32 Å². The van der Waals surface area contributed by atoms with E-state index in [1.807, 2.05) is 0 Å². The van der Waals surface area contributed by atoms with Gasteiger partial charge in [-0.25, -0.2) is 13.6 Å². The van der Waals surface area contributed by atoms with Gasteiger partial charge in [-0.15, -0.1) is 0 Å². The van der Waals surface area contributed by atoms with Crippen LogP contribution < -0.4 is 5.32 Å². The third-order valence-electron chi connectivity index (χ3n) is 2.04. The first kappa shape index (κ1) is 13.1. The molecule has 0 saturated carbocycles. The van der Waals surface area contributed by atoms with Crippen molar-refractivity contribution in [2.24, 2.45) is 0 Å². The smallest absolute Gasteiger partial charge is 0.326 e. The van der Waals surface area contributed by atoms with Gasteiger partial charge in [-0.05, 0) is 17.7 Å². The first-order valence-corrected chi connectivity index (χ1v) is 4.83. The van der Waals surface area contributed by atoms with Crippen LogP contribution in [0.15, 0.2) is 18.2 Å². The number of aliphatic carboxylic acids is 1.